The Morgan fingerprint density at radius 3 is 0.557 bits per heavy atom. The number of unbranched alkanes of at least 4 members (excludes halogenated alkanes) is 62. The predicted molar refractivity (Wildman–Crippen MR) is 437 cm³/mol. The Morgan fingerprint density at radius 2 is 0.377 bits per heavy atom. The molecule has 0 amide bonds. The third-order valence-electron chi connectivity index (χ3n) is 20.6. The fourth-order valence-electron chi connectivity index (χ4n) is 13.7. The summed E-state index contributed by atoms with van der Waals surface area (Å²) in [6, 6.07) is 0. The second-order valence-electron chi connectivity index (χ2n) is 31.3. The minimum Gasteiger partial charge on any atom is -0.462 e. The molecule has 0 saturated carbocycles. The molecule has 17 nitrogen and oxygen atoms in total. The van der Waals surface area contributed by atoms with Gasteiger partial charge < -0.3 is 33.8 Å². The van der Waals surface area contributed by atoms with Crippen molar-refractivity contribution in [2.24, 2.45) is 0 Å². The van der Waals surface area contributed by atoms with Gasteiger partial charge in [0.2, 0.25) is 0 Å². The lowest BCUT2D eigenvalue weighted by atomic mass is 10.0. The van der Waals surface area contributed by atoms with E-state index in [-0.39, 0.29) is 25.7 Å². The molecule has 5 atom stereocenters. The van der Waals surface area contributed by atoms with Crippen LogP contribution in [0, 0.1) is 0 Å². The van der Waals surface area contributed by atoms with E-state index >= 15 is 0 Å². The number of aliphatic hydroxyl groups is 1. The average molecular weight is 1550 g/mol. The van der Waals surface area contributed by atoms with Gasteiger partial charge in [-0.05, 0) is 25.7 Å². The number of hydrogen-bond acceptors (Lipinski definition) is 15. The third-order valence-corrected chi connectivity index (χ3v) is 22.5. The SMILES string of the molecule is CCCCCCCCCCCCCCCCCCCCCCCCC(=O)O[C@H](COC(=O)CCCCCCCCCCCCCCCCCCCC)COP(=O)(O)OC[C@@H](O)COP(=O)(O)OC[C@@H](COC(=O)CCCCCCCCCCCCC)OC(=O)CCCCCCCCCCCCCCCCC. The summed E-state index contributed by atoms with van der Waals surface area (Å²) in [6.07, 6.45) is 76.4. The maximum absolute atomic E-state index is 13.2. The van der Waals surface area contributed by atoms with E-state index in [0.717, 1.165) is 89.9 Å². The van der Waals surface area contributed by atoms with Crippen LogP contribution in [0.15, 0.2) is 0 Å². The van der Waals surface area contributed by atoms with Crippen molar-refractivity contribution >= 4 is 39.5 Å². The smallest absolute Gasteiger partial charge is 0.462 e. The van der Waals surface area contributed by atoms with Gasteiger partial charge in [0.1, 0.15) is 19.3 Å². The Kier molecular flexibility index (Phi) is 79.6. The van der Waals surface area contributed by atoms with Crippen molar-refractivity contribution in [3.63, 3.8) is 0 Å². The van der Waals surface area contributed by atoms with Crippen LogP contribution < -0.4 is 0 Å². The van der Waals surface area contributed by atoms with E-state index in [0.29, 0.717) is 25.7 Å². The van der Waals surface area contributed by atoms with Crippen LogP contribution in [-0.2, 0) is 65.4 Å². The first-order chi connectivity index (χ1) is 51.7. The molecule has 3 N–H and O–H groups in total. The third kappa shape index (κ3) is 80.1. The zero-order valence-electron chi connectivity index (χ0n) is 69.4. The Labute approximate surface area is 651 Å². The minimum absolute atomic E-state index is 0.109. The number of carbonyl (C=O) groups is 4. The average Bonchev–Trinajstić information content (AvgIpc) is 0.902. The number of aliphatic hydroxyl groups excluding tert-OH is 1. The maximum atomic E-state index is 13.2. The summed E-state index contributed by atoms with van der Waals surface area (Å²) >= 11 is 0. The molecule has 0 aliphatic carbocycles. The molecule has 0 aromatic carbocycles. The van der Waals surface area contributed by atoms with Crippen molar-refractivity contribution < 1.29 is 80.2 Å². The molecule has 0 radical (unpaired) electrons. The van der Waals surface area contributed by atoms with Gasteiger partial charge in [0.05, 0.1) is 26.4 Å². The molecule has 19 heteroatoms. The number of hydrogen-bond donors (Lipinski definition) is 3. The van der Waals surface area contributed by atoms with Gasteiger partial charge in [-0.1, -0.05) is 426 Å². The van der Waals surface area contributed by atoms with Gasteiger partial charge >= 0.3 is 39.5 Å². The van der Waals surface area contributed by atoms with E-state index < -0.39 is 97.5 Å². The maximum Gasteiger partial charge on any atom is 0.472 e. The van der Waals surface area contributed by atoms with Gasteiger partial charge in [-0.3, -0.25) is 37.3 Å². The van der Waals surface area contributed by atoms with Crippen LogP contribution >= 0.6 is 15.6 Å². The largest absolute Gasteiger partial charge is 0.472 e. The molecule has 2 unspecified atom stereocenters. The van der Waals surface area contributed by atoms with Crippen molar-refractivity contribution in [2.45, 2.75) is 495 Å². The Bertz CT molecular complexity index is 2000. The monoisotopic (exact) mass is 1550 g/mol. The molecule has 0 aliphatic rings. The number of phosphoric ester groups is 2. The van der Waals surface area contributed by atoms with Gasteiger partial charge in [0, 0.05) is 25.7 Å². The van der Waals surface area contributed by atoms with Crippen molar-refractivity contribution in [1.29, 1.82) is 0 Å². The van der Waals surface area contributed by atoms with E-state index in [1.54, 1.807) is 0 Å². The number of ether oxygens (including phenoxy) is 4. The molecule has 0 spiro atoms. The van der Waals surface area contributed by atoms with Gasteiger partial charge in [-0.25, -0.2) is 9.13 Å². The van der Waals surface area contributed by atoms with E-state index in [1.807, 2.05) is 0 Å². The van der Waals surface area contributed by atoms with E-state index in [9.17, 15) is 43.2 Å². The molecule has 0 bridgehead atoms. The highest BCUT2D eigenvalue weighted by atomic mass is 31.2. The molecule has 0 heterocycles. The summed E-state index contributed by atoms with van der Waals surface area (Å²) in [4.78, 5) is 73.2. The van der Waals surface area contributed by atoms with E-state index in [1.165, 1.54) is 308 Å². The molecule has 0 aromatic heterocycles. The van der Waals surface area contributed by atoms with Crippen LogP contribution in [0.4, 0.5) is 0 Å². The van der Waals surface area contributed by atoms with Crippen LogP contribution in [0.1, 0.15) is 477 Å². The number of esters is 4. The first-order valence-electron chi connectivity index (χ1n) is 45.3. The van der Waals surface area contributed by atoms with Crippen LogP contribution in [0.5, 0.6) is 0 Å². The van der Waals surface area contributed by atoms with Crippen molar-refractivity contribution in [2.75, 3.05) is 39.6 Å². The summed E-state index contributed by atoms with van der Waals surface area (Å²) in [6.45, 7) is 5.06. The van der Waals surface area contributed by atoms with E-state index in [4.69, 9.17) is 37.0 Å². The van der Waals surface area contributed by atoms with Gasteiger partial charge in [-0.2, -0.15) is 0 Å². The Balaban J connectivity index is 5.22. The summed E-state index contributed by atoms with van der Waals surface area (Å²) in [5.74, 6) is -2.10. The highest BCUT2D eigenvalue weighted by Crippen LogP contribution is 2.45. The predicted octanol–water partition coefficient (Wildman–Crippen LogP) is 26.9. The zero-order chi connectivity index (χ0) is 77.4. The van der Waals surface area contributed by atoms with Crippen LogP contribution in [0.25, 0.3) is 0 Å². The summed E-state index contributed by atoms with van der Waals surface area (Å²) in [5, 5.41) is 10.7. The normalized spacial score (nSPS) is 13.7. The highest BCUT2D eigenvalue weighted by Gasteiger charge is 2.30. The molecule has 630 valence electrons. The lowest BCUT2D eigenvalue weighted by molar-refractivity contribution is -0.161. The first kappa shape index (κ1) is 104. The van der Waals surface area contributed by atoms with Crippen LogP contribution in [-0.4, -0.2) is 96.7 Å². The summed E-state index contributed by atoms with van der Waals surface area (Å²) in [5.41, 5.74) is 0. The van der Waals surface area contributed by atoms with Crippen molar-refractivity contribution in [1.82, 2.24) is 0 Å². The van der Waals surface area contributed by atoms with Crippen LogP contribution in [0.3, 0.4) is 0 Å². The zero-order valence-corrected chi connectivity index (χ0v) is 71.2. The van der Waals surface area contributed by atoms with Gasteiger partial charge in [0.15, 0.2) is 12.2 Å². The molecule has 0 saturated heterocycles. The standard InChI is InChI=1S/C87H170O17P2/c1-5-9-13-17-21-25-29-32-35-37-39-40-41-42-44-47-50-54-58-62-66-70-74-87(92)104-83(78-98-85(90)72-68-64-60-56-52-48-46-43-38-36-33-30-26-22-18-14-10-6-2)80-102-106(95,96)100-76-81(88)75-99-105(93,94)101-79-82(77-97-84(89)71-67-63-59-55-51-28-24-20-16-12-8-4)103-86(91)73-69-65-61-57-53-49-45-34-31-27-23-19-15-11-7-3/h81-83,88H,5-80H2,1-4H3,(H,93,94)(H,95,96)/t81-,82+,83+/m0/s1. The quantitative estimate of drug-likeness (QED) is 0.0222. The van der Waals surface area contributed by atoms with Gasteiger partial charge in [-0.15, -0.1) is 0 Å². The Hall–Kier alpha value is -1.94. The second kappa shape index (κ2) is 81.1. The fourth-order valence-corrected chi connectivity index (χ4v) is 15.3. The minimum atomic E-state index is -4.97. The van der Waals surface area contributed by atoms with E-state index in [2.05, 4.69) is 27.7 Å². The molecule has 0 aliphatic heterocycles. The second-order valence-corrected chi connectivity index (χ2v) is 34.2. The first-order valence-corrected chi connectivity index (χ1v) is 48.3. The Morgan fingerprint density at radius 1 is 0.226 bits per heavy atom. The molecule has 0 aromatic rings. The molecule has 0 fully saturated rings. The number of phosphoric acid groups is 2. The molecule has 0 rings (SSSR count). The molecular formula is C87H170O17P2. The number of carbonyl (C=O) groups excluding carboxylic acids is 4. The highest BCUT2D eigenvalue weighted by molar-refractivity contribution is 7.47. The lowest BCUT2D eigenvalue weighted by Gasteiger charge is -2.21. The number of rotatable bonds is 88. The summed E-state index contributed by atoms with van der Waals surface area (Å²) < 4.78 is 68.9. The molecule has 106 heavy (non-hydrogen) atoms. The fraction of sp³-hybridized carbons (Fsp3) is 0.954. The molecular weight excluding hydrogens is 1380 g/mol. The lowest BCUT2D eigenvalue weighted by Crippen LogP contribution is -2.30. The van der Waals surface area contributed by atoms with Crippen LogP contribution in [0.2, 0.25) is 0 Å². The topological polar surface area (TPSA) is 237 Å². The van der Waals surface area contributed by atoms with Crippen molar-refractivity contribution in [3.8, 4) is 0 Å². The van der Waals surface area contributed by atoms with Crippen molar-refractivity contribution in [3.05, 3.63) is 0 Å². The summed E-state index contributed by atoms with van der Waals surface area (Å²) in [7, 11) is -9.93. The van der Waals surface area contributed by atoms with Gasteiger partial charge in [0.25, 0.3) is 0 Å².